The van der Waals surface area contributed by atoms with Crippen molar-refractivity contribution < 1.29 is 4.79 Å². The van der Waals surface area contributed by atoms with Gasteiger partial charge in [0.15, 0.2) is 0 Å². The van der Waals surface area contributed by atoms with Crippen molar-refractivity contribution in [1.29, 1.82) is 0 Å². The molecule has 1 saturated heterocycles. The van der Waals surface area contributed by atoms with Gasteiger partial charge in [-0.15, -0.1) is 0 Å². The van der Waals surface area contributed by atoms with E-state index in [4.69, 9.17) is 5.10 Å². The Hall–Kier alpha value is -1.36. The maximum Gasteiger partial charge on any atom is 0.269 e. The van der Waals surface area contributed by atoms with Crippen LogP contribution in [-0.4, -0.2) is 46.8 Å². The van der Waals surface area contributed by atoms with E-state index in [9.17, 15) is 4.79 Å². The molecule has 24 heavy (non-hydrogen) atoms. The van der Waals surface area contributed by atoms with E-state index >= 15 is 0 Å². The summed E-state index contributed by atoms with van der Waals surface area (Å²) in [5, 5.41) is 7.82. The summed E-state index contributed by atoms with van der Waals surface area (Å²) >= 11 is 0. The van der Waals surface area contributed by atoms with Gasteiger partial charge >= 0.3 is 0 Å². The summed E-state index contributed by atoms with van der Waals surface area (Å²) < 4.78 is 1.90. The van der Waals surface area contributed by atoms with E-state index < -0.39 is 0 Å². The average Bonchev–Trinajstić information content (AvgIpc) is 3.24. The van der Waals surface area contributed by atoms with Crippen LogP contribution in [0.2, 0.25) is 0 Å². The third kappa shape index (κ3) is 4.18. The van der Waals surface area contributed by atoms with Crippen molar-refractivity contribution >= 4 is 5.91 Å². The molecule has 3 rings (SSSR count). The summed E-state index contributed by atoms with van der Waals surface area (Å²) in [4.78, 5) is 15.1. The lowest BCUT2D eigenvalue weighted by Crippen LogP contribution is -2.41. The zero-order valence-electron chi connectivity index (χ0n) is 15.6. The first-order chi connectivity index (χ1) is 11.3. The Bertz CT molecular complexity index is 583. The topological polar surface area (TPSA) is 50.2 Å². The molecular formula is C19H32N4O. The van der Waals surface area contributed by atoms with Crippen molar-refractivity contribution in [3.63, 3.8) is 0 Å². The standard InChI is InChI=1S/C19H32N4O/c1-14-6-5-10-22(13-14)11-9-20-18(24)17-12-16(15-7-8-15)21-23(17)19(2,3)4/h12,14-15H,5-11,13H2,1-4H3,(H,20,24)/t14-/m1/s1. The van der Waals surface area contributed by atoms with Gasteiger partial charge in [-0.3, -0.25) is 9.48 Å². The van der Waals surface area contributed by atoms with E-state index in [1.807, 2.05) is 10.7 Å². The lowest BCUT2D eigenvalue weighted by Gasteiger charge is -2.30. The molecule has 1 saturated carbocycles. The minimum atomic E-state index is -0.178. The maximum absolute atomic E-state index is 12.7. The first-order valence-electron chi connectivity index (χ1n) is 9.45. The molecule has 0 bridgehead atoms. The van der Waals surface area contributed by atoms with Crippen molar-refractivity contribution in [2.24, 2.45) is 5.92 Å². The van der Waals surface area contributed by atoms with Gasteiger partial charge in [0.1, 0.15) is 5.69 Å². The van der Waals surface area contributed by atoms with Gasteiger partial charge in [0, 0.05) is 25.6 Å². The van der Waals surface area contributed by atoms with Gasteiger partial charge in [-0.25, -0.2) is 0 Å². The molecule has 134 valence electrons. The number of hydrogen-bond donors (Lipinski definition) is 1. The molecule has 5 nitrogen and oxygen atoms in total. The van der Waals surface area contributed by atoms with Crippen LogP contribution in [0.1, 0.15) is 75.5 Å². The van der Waals surface area contributed by atoms with Gasteiger partial charge in [-0.05, 0) is 65.0 Å². The van der Waals surface area contributed by atoms with Crippen LogP contribution in [0.15, 0.2) is 6.07 Å². The summed E-state index contributed by atoms with van der Waals surface area (Å²) in [5.41, 5.74) is 1.61. The molecule has 0 radical (unpaired) electrons. The van der Waals surface area contributed by atoms with Crippen LogP contribution in [0.3, 0.4) is 0 Å². The number of likely N-dealkylation sites (tertiary alicyclic amines) is 1. The second-order valence-corrected chi connectivity index (χ2v) is 8.62. The summed E-state index contributed by atoms with van der Waals surface area (Å²) in [6, 6.07) is 2.00. The molecular weight excluding hydrogens is 300 g/mol. The van der Waals surface area contributed by atoms with Gasteiger partial charge in [0.2, 0.25) is 0 Å². The molecule has 2 aliphatic rings. The Morgan fingerprint density at radius 3 is 2.71 bits per heavy atom. The monoisotopic (exact) mass is 332 g/mol. The highest BCUT2D eigenvalue weighted by Gasteiger charge is 2.31. The van der Waals surface area contributed by atoms with Crippen LogP contribution in [0.25, 0.3) is 0 Å². The van der Waals surface area contributed by atoms with Gasteiger partial charge in [-0.1, -0.05) is 6.92 Å². The number of aromatic nitrogens is 2. The molecule has 1 N–H and O–H groups in total. The SMILES string of the molecule is C[C@@H]1CCCN(CCNC(=O)c2cc(C3CC3)nn2C(C)(C)C)C1. The number of carbonyl (C=O) groups is 1. The van der Waals surface area contributed by atoms with E-state index in [1.165, 1.54) is 25.7 Å². The van der Waals surface area contributed by atoms with Crippen LogP contribution in [0.5, 0.6) is 0 Å². The van der Waals surface area contributed by atoms with Crippen molar-refractivity contribution in [3.05, 3.63) is 17.5 Å². The second kappa shape index (κ2) is 6.87. The molecule has 1 atom stereocenters. The molecule has 0 aromatic carbocycles. The number of piperidine rings is 1. The Morgan fingerprint density at radius 2 is 2.08 bits per heavy atom. The van der Waals surface area contributed by atoms with E-state index in [1.54, 1.807) is 0 Å². The lowest BCUT2D eigenvalue weighted by atomic mass is 10.0. The number of nitrogens with zero attached hydrogens (tertiary/aromatic N) is 3. The minimum Gasteiger partial charge on any atom is -0.349 e. The summed E-state index contributed by atoms with van der Waals surface area (Å²) in [6.45, 7) is 12.6. The van der Waals surface area contributed by atoms with Gasteiger partial charge in [0.05, 0.1) is 11.2 Å². The molecule has 1 aromatic rings. The predicted molar refractivity (Wildman–Crippen MR) is 96.4 cm³/mol. The largest absolute Gasteiger partial charge is 0.349 e. The van der Waals surface area contributed by atoms with Gasteiger partial charge < -0.3 is 10.2 Å². The van der Waals surface area contributed by atoms with Crippen LogP contribution < -0.4 is 5.32 Å². The number of carbonyl (C=O) groups excluding carboxylic acids is 1. The molecule has 1 aliphatic carbocycles. The van der Waals surface area contributed by atoms with Crippen LogP contribution in [-0.2, 0) is 5.54 Å². The van der Waals surface area contributed by atoms with Gasteiger partial charge in [0.25, 0.3) is 5.91 Å². The van der Waals surface area contributed by atoms with Crippen molar-refractivity contribution in [3.8, 4) is 0 Å². The first-order valence-corrected chi connectivity index (χ1v) is 9.45. The number of amides is 1. The van der Waals surface area contributed by atoms with Crippen LogP contribution in [0.4, 0.5) is 0 Å². The lowest BCUT2D eigenvalue weighted by molar-refractivity contribution is 0.0925. The maximum atomic E-state index is 12.7. The number of rotatable bonds is 5. The van der Waals surface area contributed by atoms with Crippen LogP contribution >= 0.6 is 0 Å². The highest BCUT2D eigenvalue weighted by molar-refractivity contribution is 5.92. The molecule has 0 spiro atoms. The highest BCUT2D eigenvalue weighted by Crippen LogP contribution is 2.40. The summed E-state index contributed by atoms with van der Waals surface area (Å²) in [5.74, 6) is 1.35. The molecule has 2 heterocycles. The molecule has 1 aromatic heterocycles. The molecule has 1 aliphatic heterocycles. The van der Waals surface area contributed by atoms with E-state index in [0.29, 0.717) is 18.2 Å². The Kier molecular flexibility index (Phi) is 5.00. The van der Waals surface area contributed by atoms with Gasteiger partial charge in [-0.2, -0.15) is 5.10 Å². The fraction of sp³-hybridized carbons (Fsp3) is 0.789. The van der Waals surface area contributed by atoms with E-state index in [2.05, 4.69) is 37.9 Å². The summed E-state index contributed by atoms with van der Waals surface area (Å²) in [6.07, 6.45) is 5.01. The first kappa shape index (κ1) is 17.5. The van der Waals surface area contributed by atoms with Crippen LogP contribution in [0, 0.1) is 5.92 Å². The quantitative estimate of drug-likeness (QED) is 0.902. The number of hydrogen-bond acceptors (Lipinski definition) is 3. The molecule has 1 amide bonds. The van der Waals surface area contributed by atoms with E-state index in [0.717, 1.165) is 31.2 Å². The zero-order chi connectivity index (χ0) is 17.3. The summed E-state index contributed by atoms with van der Waals surface area (Å²) in [7, 11) is 0. The van der Waals surface area contributed by atoms with Crippen molar-refractivity contribution in [1.82, 2.24) is 20.0 Å². The zero-order valence-corrected chi connectivity index (χ0v) is 15.6. The second-order valence-electron chi connectivity index (χ2n) is 8.62. The fourth-order valence-electron chi connectivity index (χ4n) is 3.56. The molecule has 2 fully saturated rings. The molecule has 5 heteroatoms. The van der Waals surface area contributed by atoms with E-state index in [-0.39, 0.29) is 11.4 Å². The van der Waals surface area contributed by atoms with Crippen molar-refractivity contribution in [2.45, 2.75) is 64.8 Å². The highest BCUT2D eigenvalue weighted by atomic mass is 16.2. The third-order valence-corrected chi connectivity index (χ3v) is 5.05. The predicted octanol–water partition coefficient (Wildman–Crippen LogP) is 2.98. The average molecular weight is 332 g/mol. The Labute approximate surface area is 145 Å². The number of nitrogens with one attached hydrogen (secondary N) is 1. The fourth-order valence-corrected chi connectivity index (χ4v) is 3.56. The minimum absolute atomic E-state index is 0.00869. The Balaban J connectivity index is 1.60. The van der Waals surface area contributed by atoms with Crippen molar-refractivity contribution in [2.75, 3.05) is 26.2 Å². The third-order valence-electron chi connectivity index (χ3n) is 5.05. The normalized spacial score (nSPS) is 22.6. The smallest absolute Gasteiger partial charge is 0.269 e. The molecule has 0 unspecified atom stereocenters. The Morgan fingerprint density at radius 1 is 1.33 bits per heavy atom.